The first kappa shape index (κ1) is 21.9. The van der Waals surface area contributed by atoms with Gasteiger partial charge in [0.25, 0.3) is 0 Å². The summed E-state index contributed by atoms with van der Waals surface area (Å²) in [6.07, 6.45) is 7.60. The summed E-state index contributed by atoms with van der Waals surface area (Å²) in [5, 5.41) is 2.63. The normalized spacial score (nSPS) is 15.9. The third-order valence-corrected chi connectivity index (χ3v) is 7.98. The number of nitrogens with one attached hydrogen (secondary N) is 1. The van der Waals surface area contributed by atoms with Crippen molar-refractivity contribution < 1.29 is 17.6 Å². The number of ether oxygens (including phenoxy) is 1. The number of likely N-dealkylation sites (tertiary alicyclic amines) is 1. The Morgan fingerprint density at radius 3 is 2.82 bits per heavy atom. The maximum Gasteiger partial charge on any atom is 0.241 e. The van der Waals surface area contributed by atoms with E-state index >= 15 is 0 Å². The number of sulfonamides is 1. The number of fused-ring (bicyclic) bond motifs is 2. The van der Waals surface area contributed by atoms with E-state index in [2.05, 4.69) is 14.6 Å². The molecule has 2 aromatic heterocycles. The smallest absolute Gasteiger partial charge is 0.241 e. The van der Waals surface area contributed by atoms with E-state index in [9.17, 15) is 8.42 Å². The molecule has 1 fully saturated rings. The molecule has 0 unspecified atom stereocenters. The quantitative estimate of drug-likeness (QED) is 0.445. The molecular formula is C25H27N3O4S. The van der Waals surface area contributed by atoms with Crippen LogP contribution in [0.15, 0.2) is 70.4 Å². The summed E-state index contributed by atoms with van der Waals surface area (Å²) < 4.78 is 40.1. The number of furan rings is 1. The first-order chi connectivity index (χ1) is 16.0. The maximum atomic E-state index is 13.1. The van der Waals surface area contributed by atoms with Crippen LogP contribution in [0.5, 0.6) is 5.75 Å². The fourth-order valence-electron chi connectivity index (χ4n) is 4.55. The molecule has 0 atom stereocenters. The Morgan fingerprint density at radius 2 is 2.00 bits per heavy atom. The highest BCUT2D eigenvalue weighted by molar-refractivity contribution is 7.89. The monoisotopic (exact) mass is 465 g/mol. The number of hydrogen-bond acceptors (Lipinski definition) is 6. The van der Waals surface area contributed by atoms with E-state index < -0.39 is 10.0 Å². The number of nitrogens with zero attached hydrogens (tertiary/aromatic N) is 2. The number of benzene rings is 2. The summed E-state index contributed by atoms with van der Waals surface area (Å²) in [6, 6.07) is 12.9. The van der Waals surface area contributed by atoms with Gasteiger partial charge in [0.15, 0.2) is 0 Å². The van der Waals surface area contributed by atoms with Gasteiger partial charge in [-0.1, -0.05) is 12.1 Å². The number of aromatic nitrogens is 1. The van der Waals surface area contributed by atoms with Crippen LogP contribution >= 0.6 is 0 Å². The van der Waals surface area contributed by atoms with Gasteiger partial charge in [-0.25, -0.2) is 13.1 Å². The molecule has 4 aromatic rings. The standard InChI is InChI=1S/C25H27N3O4S/c1-31-21-5-6-22-19(17-32-24(22)15-21)8-12-28-13-9-20(10-14-28)27-33(29,30)25-4-2-3-18-16-26-11-7-23(18)25/h2-7,11,15-17,20,27H,8-10,12-14H2,1H3. The second-order valence-electron chi connectivity index (χ2n) is 8.46. The van der Waals surface area contributed by atoms with E-state index in [1.807, 2.05) is 30.5 Å². The molecule has 8 heteroatoms. The highest BCUT2D eigenvalue weighted by atomic mass is 32.2. The summed E-state index contributed by atoms with van der Waals surface area (Å²) in [5.41, 5.74) is 2.02. The molecule has 7 nitrogen and oxygen atoms in total. The summed E-state index contributed by atoms with van der Waals surface area (Å²) in [7, 11) is -1.95. The van der Waals surface area contributed by atoms with Crippen LogP contribution in [-0.2, 0) is 16.4 Å². The Labute approximate surface area is 193 Å². The maximum absolute atomic E-state index is 13.1. The molecule has 0 spiro atoms. The van der Waals surface area contributed by atoms with E-state index in [0.717, 1.165) is 61.0 Å². The van der Waals surface area contributed by atoms with Crippen molar-refractivity contribution in [1.29, 1.82) is 0 Å². The topological polar surface area (TPSA) is 84.7 Å². The average Bonchev–Trinajstić information content (AvgIpc) is 3.25. The van der Waals surface area contributed by atoms with Crippen LogP contribution in [-0.4, -0.2) is 51.1 Å². The molecule has 0 radical (unpaired) electrons. The molecule has 172 valence electrons. The Hall–Kier alpha value is -2.94. The molecule has 0 aliphatic carbocycles. The largest absolute Gasteiger partial charge is 0.497 e. The number of methoxy groups -OCH3 is 1. The minimum atomic E-state index is -3.60. The van der Waals surface area contributed by atoms with Gasteiger partial charge in [-0.15, -0.1) is 0 Å². The molecule has 3 heterocycles. The Bertz CT molecular complexity index is 1370. The predicted octanol–water partition coefficient (Wildman–Crippen LogP) is 3.98. The molecule has 1 aliphatic heterocycles. The van der Waals surface area contributed by atoms with Gasteiger partial charge in [0.1, 0.15) is 11.3 Å². The lowest BCUT2D eigenvalue weighted by Gasteiger charge is -2.32. The lowest BCUT2D eigenvalue weighted by atomic mass is 10.0. The Balaban J connectivity index is 1.18. The van der Waals surface area contributed by atoms with Crippen LogP contribution in [0.2, 0.25) is 0 Å². The van der Waals surface area contributed by atoms with Crippen LogP contribution < -0.4 is 9.46 Å². The minimum absolute atomic E-state index is 0.0643. The molecule has 33 heavy (non-hydrogen) atoms. The first-order valence-corrected chi connectivity index (χ1v) is 12.6. The van der Waals surface area contributed by atoms with Crippen molar-refractivity contribution in [3.05, 3.63) is 66.7 Å². The second-order valence-corrected chi connectivity index (χ2v) is 10.1. The van der Waals surface area contributed by atoms with Gasteiger partial charge in [-0.05, 0) is 62.2 Å². The van der Waals surface area contributed by atoms with Crippen LogP contribution in [0.4, 0.5) is 0 Å². The summed E-state index contributed by atoms with van der Waals surface area (Å²) in [5.74, 6) is 0.785. The summed E-state index contributed by atoms with van der Waals surface area (Å²) in [6.45, 7) is 2.63. The van der Waals surface area contributed by atoms with Crippen molar-refractivity contribution in [2.24, 2.45) is 0 Å². The van der Waals surface area contributed by atoms with E-state index in [1.54, 1.807) is 37.7 Å². The molecule has 1 aliphatic rings. The van der Waals surface area contributed by atoms with Crippen molar-refractivity contribution in [3.8, 4) is 5.75 Å². The molecule has 0 bridgehead atoms. The Kier molecular flexibility index (Phi) is 6.05. The van der Waals surface area contributed by atoms with E-state index in [1.165, 1.54) is 5.56 Å². The fraction of sp³-hybridized carbons (Fsp3) is 0.320. The second kappa shape index (κ2) is 9.13. The number of pyridine rings is 1. The zero-order valence-corrected chi connectivity index (χ0v) is 19.3. The van der Waals surface area contributed by atoms with Crippen LogP contribution in [0, 0.1) is 0 Å². The molecule has 0 amide bonds. The number of rotatable bonds is 7. The number of hydrogen-bond donors (Lipinski definition) is 1. The molecule has 2 aromatic carbocycles. The van der Waals surface area contributed by atoms with Gasteiger partial charge in [0.05, 0.1) is 18.3 Å². The van der Waals surface area contributed by atoms with Crippen LogP contribution in [0.25, 0.3) is 21.7 Å². The van der Waals surface area contributed by atoms with Crippen molar-refractivity contribution in [2.45, 2.75) is 30.2 Å². The fourth-order valence-corrected chi connectivity index (χ4v) is 6.08. The lowest BCUT2D eigenvalue weighted by molar-refractivity contribution is 0.209. The van der Waals surface area contributed by atoms with Crippen molar-refractivity contribution >= 4 is 31.8 Å². The van der Waals surface area contributed by atoms with Crippen molar-refractivity contribution in [1.82, 2.24) is 14.6 Å². The zero-order chi connectivity index (χ0) is 22.8. The Morgan fingerprint density at radius 1 is 1.15 bits per heavy atom. The molecule has 1 N–H and O–H groups in total. The van der Waals surface area contributed by atoms with Gasteiger partial charge in [-0.2, -0.15) is 0 Å². The van der Waals surface area contributed by atoms with Gasteiger partial charge in [-0.3, -0.25) is 4.98 Å². The number of piperidine rings is 1. The third kappa shape index (κ3) is 4.59. The SMILES string of the molecule is COc1ccc2c(CCN3CCC(NS(=O)(=O)c4cccc5cnccc45)CC3)coc2c1. The minimum Gasteiger partial charge on any atom is -0.497 e. The molecule has 1 saturated heterocycles. The van der Waals surface area contributed by atoms with E-state index in [4.69, 9.17) is 9.15 Å². The molecule has 5 rings (SSSR count). The van der Waals surface area contributed by atoms with Gasteiger partial charge in [0, 0.05) is 47.2 Å². The van der Waals surface area contributed by atoms with E-state index in [0.29, 0.717) is 10.3 Å². The highest BCUT2D eigenvalue weighted by Crippen LogP contribution is 2.27. The van der Waals surface area contributed by atoms with Crippen LogP contribution in [0.3, 0.4) is 0 Å². The van der Waals surface area contributed by atoms with Crippen LogP contribution in [0.1, 0.15) is 18.4 Å². The highest BCUT2D eigenvalue weighted by Gasteiger charge is 2.25. The van der Waals surface area contributed by atoms with E-state index in [-0.39, 0.29) is 6.04 Å². The summed E-state index contributed by atoms with van der Waals surface area (Å²) in [4.78, 5) is 6.79. The average molecular weight is 466 g/mol. The third-order valence-electron chi connectivity index (χ3n) is 6.40. The first-order valence-electron chi connectivity index (χ1n) is 11.1. The predicted molar refractivity (Wildman–Crippen MR) is 128 cm³/mol. The van der Waals surface area contributed by atoms with Gasteiger partial charge in [0.2, 0.25) is 10.0 Å². The molecular weight excluding hydrogens is 438 g/mol. The zero-order valence-electron chi connectivity index (χ0n) is 18.5. The van der Waals surface area contributed by atoms with Gasteiger partial charge < -0.3 is 14.1 Å². The van der Waals surface area contributed by atoms with Crippen molar-refractivity contribution in [3.63, 3.8) is 0 Å². The molecule has 0 saturated carbocycles. The summed E-state index contributed by atoms with van der Waals surface area (Å²) >= 11 is 0. The lowest BCUT2D eigenvalue weighted by Crippen LogP contribution is -2.45. The van der Waals surface area contributed by atoms with Crippen molar-refractivity contribution in [2.75, 3.05) is 26.7 Å². The van der Waals surface area contributed by atoms with Gasteiger partial charge >= 0.3 is 0 Å².